The molecular weight excluding hydrogens is 238 g/mol. The van der Waals surface area contributed by atoms with Gasteiger partial charge < -0.3 is 20.7 Å². The summed E-state index contributed by atoms with van der Waals surface area (Å²) in [6, 6.07) is 0.645. The Hall–Kier alpha value is -0.160. The Morgan fingerprint density at radius 1 is 1.26 bits per heavy atom. The second-order valence-electron chi connectivity index (χ2n) is 6.87. The van der Waals surface area contributed by atoms with Gasteiger partial charge in [-0.1, -0.05) is 0 Å². The van der Waals surface area contributed by atoms with Gasteiger partial charge in [-0.2, -0.15) is 0 Å². The molecule has 112 valence electrons. The summed E-state index contributed by atoms with van der Waals surface area (Å²) in [4.78, 5) is 2.55. The topological polar surface area (TPSA) is 50.5 Å². The number of piperidine rings is 1. The van der Waals surface area contributed by atoms with E-state index in [2.05, 4.69) is 31.0 Å². The Balaban J connectivity index is 1.86. The number of hydrogen-bond donors (Lipinski definition) is 2. The van der Waals surface area contributed by atoms with E-state index in [0.717, 1.165) is 45.6 Å². The number of likely N-dealkylation sites (tertiary alicyclic amines) is 1. The minimum atomic E-state index is 0.0252. The monoisotopic (exact) mass is 269 g/mol. The number of ether oxygens (including phenoxy) is 1. The van der Waals surface area contributed by atoms with E-state index in [1.807, 2.05) is 0 Å². The minimum absolute atomic E-state index is 0.0252. The van der Waals surface area contributed by atoms with Gasteiger partial charge >= 0.3 is 0 Å². The van der Waals surface area contributed by atoms with E-state index in [4.69, 9.17) is 10.5 Å². The van der Waals surface area contributed by atoms with E-state index in [0.29, 0.717) is 6.04 Å². The largest absolute Gasteiger partial charge is 0.374 e. The third kappa shape index (κ3) is 3.69. The highest BCUT2D eigenvalue weighted by Crippen LogP contribution is 2.27. The molecule has 2 rings (SSSR count). The number of rotatable bonds is 5. The van der Waals surface area contributed by atoms with E-state index in [1.165, 1.54) is 12.8 Å². The third-order valence-corrected chi connectivity index (χ3v) is 5.01. The van der Waals surface area contributed by atoms with Gasteiger partial charge in [-0.05, 0) is 46.5 Å². The summed E-state index contributed by atoms with van der Waals surface area (Å²) < 4.78 is 5.87. The van der Waals surface area contributed by atoms with Crippen LogP contribution in [0.2, 0.25) is 0 Å². The molecule has 4 nitrogen and oxygen atoms in total. The standard InChI is InChI=1S/C15H31N3O/c1-13(2)18-8-6-15(11-16,7-9-18)17-12-14(3)5-4-10-19-14/h13,17H,4-12,16H2,1-3H3. The van der Waals surface area contributed by atoms with Crippen LogP contribution in [-0.4, -0.2) is 54.9 Å². The molecule has 1 unspecified atom stereocenters. The van der Waals surface area contributed by atoms with Crippen molar-refractivity contribution in [2.24, 2.45) is 5.73 Å². The van der Waals surface area contributed by atoms with Gasteiger partial charge in [0.05, 0.1) is 5.60 Å². The van der Waals surface area contributed by atoms with Crippen molar-refractivity contribution in [3.05, 3.63) is 0 Å². The summed E-state index contributed by atoms with van der Waals surface area (Å²) in [7, 11) is 0. The average molecular weight is 269 g/mol. The average Bonchev–Trinajstić information content (AvgIpc) is 2.84. The zero-order chi connectivity index (χ0) is 13.9. The molecule has 0 radical (unpaired) electrons. The van der Waals surface area contributed by atoms with Gasteiger partial charge in [0.2, 0.25) is 0 Å². The van der Waals surface area contributed by atoms with Crippen LogP contribution in [0.5, 0.6) is 0 Å². The molecule has 2 aliphatic heterocycles. The van der Waals surface area contributed by atoms with E-state index in [9.17, 15) is 0 Å². The van der Waals surface area contributed by atoms with Gasteiger partial charge in [-0.15, -0.1) is 0 Å². The zero-order valence-corrected chi connectivity index (χ0v) is 12.9. The lowest BCUT2D eigenvalue weighted by molar-refractivity contribution is 0.00827. The van der Waals surface area contributed by atoms with Crippen molar-refractivity contribution < 1.29 is 4.74 Å². The molecule has 0 aromatic heterocycles. The molecular formula is C15H31N3O. The van der Waals surface area contributed by atoms with Crippen LogP contribution in [0.15, 0.2) is 0 Å². The van der Waals surface area contributed by atoms with Gasteiger partial charge in [0.15, 0.2) is 0 Å². The fourth-order valence-electron chi connectivity index (χ4n) is 3.27. The Morgan fingerprint density at radius 2 is 1.95 bits per heavy atom. The quantitative estimate of drug-likeness (QED) is 0.791. The van der Waals surface area contributed by atoms with Crippen molar-refractivity contribution >= 4 is 0 Å². The molecule has 0 aromatic carbocycles. The van der Waals surface area contributed by atoms with Crippen LogP contribution in [0.4, 0.5) is 0 Å². The summed E-state index contributed by atoms with van der Waals surface area (Å²) in [5.41, 5.74) is 6.22. The highest BCUT2D eigenvalue weighted by atomic mass is 16.5. The molecule has 2 saturated heterocycles. The summed E-state index contributed by atoms with van der Waals surface area (Å²) >= 11 is 0. The van der Waals surface area contributed by atoms with Gasteiger partial charge in [0, 0.05) is 44.4 Å². The first-order chi connectivity index (χ1) is 8.99. The van der Waals surface area contributed by atoms with Gasteiger partial charge in [-0.3, -0.25) is 0 Å². The van der Waals surface area contributed by atoms with Crippen molar-refractivity contribution in [3.63, 3.8) is 0 Å². The molecule has 2 heterocycles. The van der Waals surface area contributed by atoms with Crippen molar-refractivity contribution in [2.45, 2.75) is 63.6 Å². The van der Waals surface area contributed by atoms with Crippen LogP contribution in [0.25, 0.3) is 0 Å². The van der Waals surface area contributed by atoms with E-state index in [-0.39, 0.29) is 11.1 Å². The maximum Gasteiger partial charge on any atom is 0.0779 e. The number of nitrogens with zero attached hydrogens (tertiary/aromatic N) is 1. The summed E-state index contributed by atoms with van der Waals surface area (Å²) in [5.74, 6) is 0. The Morgan fingerprint density at radius 3 is 2.42 bits per heavy atom. The third-order valence-electron chi connectivity index (χ3n) is 5.01. The molecule has 0 bridgehead atoms. The number of nitrogens with one attached hydrogen (secondary N) is 1. The second kappa shape index (κ2) is 6.08. The maximum absolute atomic E-state index is 6.07. The van der Waals surface area contributed by atoms with Crippen LogP contribution in [0.1, 0.15) is 46.5 Å². The van der Waals surface area contributed by atoms with Crippen molar-refractivity contribution in [3.8, 4) is 0 Å². The molecule has 3 N–H and O–H groups in total. The summed E-state index contributed by atoms with van der Waals surface area (Å²) in [6.45, 7) is 11.7. The molecule has 0 aliphatic carbocycles. The summed E-state index contributed by atoms with van der Waals surface area (Å²) in [6.07, 6.45) is 4.66. The fourth-order valence-corrected chi connectivity index (χ4v) is 3.27. The van der Waals surface area contributed by atoms with Gasteiger partial charge in [0.25, 0.3) is 0 Å². The van der Waals surface area contributed by atoms with Crippen molar-refractivity contribution in [1.82, 2.24) is 10.2 Å². The minimum Gasteiger partial charge on any atom is -0.374 e. The number of nitrogens with two attached hydrogens (primary N) is 1. The first-order valence-corrected chi connectivity index (χ1v) is 7.82. The molecule has 0 spiro atoms. The van der Waals surface area contributed by atoms with Crippen LogP contribution < -0.4 is 11.1 Å². The predicted molar refractivity (Wildman–Crippen MR) is 79.3 cm³/mol. The second-order valence-corrected chi connectivity index (χ2v) is 6.87. The highest BCUT2D eigenvalue weighted by Gasteiger charge is 2.37. The Labute approximate surface area is 118 Å². The van der Waals surface area contributed by atoms with E-state index < -0.39 is 0 Å². The van der Waals surface area contributed by atoms with E-state index >= 15 is 0 Å². The molecule has 0 amide bonds. The van der Waals surface area contributed by atoms with Crippen LogP contribution >= 0.6 is 0 Å². The maximum atomic E-state index is 6.07. The van der Waals surface area contributed by atoms with E-state index in [1.54, 1.807) is 0 Å². The smallest absolute Gasteiger partial charge is 0.0779 e. The van der Waals surface area contributed by atoms with Crippen molar-refractivity contribution in [2.75, 3.05) is 32.8 Å². The SMILES string of the molecule is CC(C)N1CCC(CN)(NCC2(C)CCCO2)CC1. The lowest BCUT2D eigenvalue weighted by atomic mass is 9.86. The molecule has 0 saturated carbocycles. The predicted octanol–water partition coefficient (Wildman–Crippen LogP) is 1.35. The normalized spacial score (nSPS) is 32.1. The molecule has 19 heavy (non-hydrogen) atoms. The lowest BCUT2D eigenvalue weighted by Crippen LogP contribution is -2.60. The van der Waals surface area contributed by atoms with Crippen LogP contribution in [-0.2, 0) is 4.74 Å². The van der Waals surface area contributed by atoms with Crippen LogP contribution in [0.3, 0.4) is 0 Å². The van der Waals surface area contributed by atoms with Crippen LogP contribution in [0, 0.1) is 0 Å². The first-order valence-electron chi connectivity index (χ1n) is 7.82. The first kappa shape index (κ1) is 15.2. The molecule has 2 fully saturated rings. The highest BCUT2D eigenvalue weighted by molar-refractivity contribution is 4.97. The molecule has 2 aliphatic rings. The van der Waals surface area contributed by atoms with Gasteiger partial charge in [0.1, 0.15) is 0 Å². The zero-order valence-electron chi connectivity index (χ0n) is 12.9. The molecule has 4 heteroatoms. The lowest BCUT2D eigenvalue weighted by Gasteiger charge is -2.44. The summed E-state index contributed by atoms with van der Waals surface area (Å²) in [5, 5.41) is 3.75. The number of hydrogen-bond acceptors (Lipinski definition) is 4. The van der Waals surface area contributed by atoms with Crippen molar-refractivity contribution in [1.29, 1.82) is 0 Å². The molecule has 1 atom stereocenters. The Bertz CT molecular complexity index is 279. The fraction of sp³-hybridized carbons (Fsp3) is 1.00. The Kier molecular flexibility index (Phi) is 4.88. The van der Waals surface area contributed by atoms with Gasteiger partial charge in [-0.25, -0.2) is 0 Å². The molecule has 0 aromatic rings.